The van der Waals surface area contributed by atoms with E-state index in [1.807, 2.05) is 88.4 Å². The van der Waals surface area contributed by atoms with E-state index in [9.17, 15) is 19.8 Å². The molecule has 0 saturated carbocycles. The molecule has 0 aliphatic rings. The second kappa shape index (κ2) is 17.6. The van der Waals surface area contributed by atoms with E-state index >= 15 is 0 Å². The molecule has 2 N–H and O–H groups in total. The number of benzene rings is 2. The number of aliphatic carboxylic acids is 2. The predicted molar refractivity (Wildman–Crippen MR) is 154 cm³/mol. The van der Waals surface area contributed by atoms with Crippen molar-refractivity contribution in [2.24, 2.45) is 0 Å². The number of carbonyl (C=O) groups is 2. The van der Waals surface area contributed by atoms with Gasteiger partial charge < -0.3 is 10.2 Å². The van der Waals surface area contributed by atoms with Crippen LogP contribution >= 0.6 is 0 Å². The molecule has 0 aliphatic heterocycles. The Morgan fingerprint density at radius 3 is 1.27 bits per heavy atom. The van der Waals surface area contributed by atoms with Gasteiger partial charge in [-0.25, -0.2) is 0 Å². The zero-order valence-corrected chi connectivity index (χ0v) is 23.4. The fraction of sp³-hybridized carbons (Fsp3) is 0.515. The summed E-state index contributed by atoms with van der Waals surface area (Å²) >= 11 is 0. The van der Waals surface area contributed by atoms with Crippen molar-refractivity contribution in [1.82, 2.24) is 0 Å². The smallest absolute Gasteiger partial charge is 0.313 e. The molecular formula is C33H48O4. The molecule has 0 amide bonds. The van der Waals surface area contributed by atoms with Crippen LogP contribution in [0.25, 0.3) is 0 Å². The highest BCUT2D eigenvalue weighted by atomic mass is 16.4. The van der Waals surface area contributed by atoms with E-state index in [-0.39, 0.29) is 0 Å². The van der Waals surface area contributed by atoms with Gasteiger partial charge in [0, 0.05) is 0 Å². The highest BCUT2D eigenvalue weighted by Gasteiger charge is 2.35. The molecule has 0 aliphatic carbocycles. The minimum Gasteiger partial charge on any atom is -0.481 e. The summed E-state index contributed by atoms with van der Waals surface area (Å²) in [4.78, 5) is 23.7. The Labute approximate surface area is 224 Å². The highest BCUT2D eigenvalue weighted by Crippen LogP contribution is 2.31. The summed E-state index contributed by atoms with van der Waals surface area (Å²) in [5.74, 6) is -1.50. The molecule has 2 rings (SSSR count). The topological polar surface area (TPSA) is 74.6 Å². The molecule has 0 fully saturated rings. The zero-order chi connectivity index (χ0) is 27.6. The van der Waals surface area contributed by atoms with Crippen LogP contribution in [-0.2, 0) is 20.4 Å². The molecule has 0 aromatic heterocycles. The molecule has 0 heterocycles. The maximum atomic E-state index is 11.9. The number of carboxylic acid groups (broad SMARTS) is 2. The molecule has 204 valence electrons. The molecule has 0 saturated heterocycles. The summed E-state index contributed by atoms with van der Waals surface area (Å²) in [6, 6.07) is 19.1. The fourth-order valence-corrected chi connectivity index (χ4v) is 4.61. The van der Waals surface area contributed by atoms with Crippen molar-refractivity contribution in [3.8, 4) is 0 Å². The first kappa shape index (κ1) is 32.1. The second-order valence-corrected chi connectivity index (χ2v) is 10.0. The third kappa shape index (κ3) is 10.6. The van der Waals surface area contributed by atoms with Crippen molar-refractivity contribution in [1.29, 1.82) is 0 Å². The number of allylic oxidation sites excluding steroid dienone is 2. The Hall–Kier alpha value is -2.88. The SMILES string of the molecule is CC.CC(CCCCC/C=C\CCCCCCC(C)(C(=O)O)c1ccccc1)(C(=O)O)c1ccccc1. The molecule has 37 heavy (non-hydrogen) atoms. The normalized spacial score (nSPS) is 14.3. The quantitative estimate of drug-likeness (QED) is 0.165. The number of hydrogen-bond donors (Lipinski definition) is 2. The summed E-state index contributed by atoms with van der Waals surface area (Å²) in [6.45, 7) is 7.66. The van der Waals surface area contributed by atoms with E-state index < -0.39 is 22.8 Å². The average molecular weight is 509 g/mol. The standard InChI is InChI=1S/C31H42O4.C2H6/c1-30(28(32)33,26-20-14-12-15-21-26)24-18-10-8-6-4-3-5-7-9-11-19-25-31(2,29(34)35)27-22-16-13-17-23-27;1-2/h3-4,12-17,20-23H,5-11,18-19,24-25H2,1-2H3,(H,32,33)(H,34,35);1-2H3/b4-3-;. The van der Waals surface area contributed by atoms with Gasteiger partial charge in [-0.1, -0.05) is 119 Å². The Bertz CT molecular complexity index is 922. The lowest BCUT2D eigenvalue weighted by atomic mass is 9.78. The summed E-state index contributed by atoms with van der Waals surface area (Å²) < 4.78 is 0. The van der Waals surface area contributed by atoms with E-state index in [1.54, 1.807) is 0 Å². The summed E-state index contributed by atoms with van der Waals surface area (Å²) in [7, 11) is 0. The van der Waals surface area contributed by atoms with E-state index in [0.29, 0.717) is 12.8 Å². The van der Waals surface area contributed by atoms with E-state index in [1.165, 1.54) is 0 Å². The molecule has 2 aromatic rings. The Morgan fingerprint density at radius 2 is 0.919 bits per heavy atom. The molecule has 2 unspecified atom stereocenters. The third-order valence-electron chi connectivity index (χ3n) is 7.28. The van der Waals surface area contributed by atoms with Gasteiger partial charge in [0.2, 0.25) is 0 Å². The van der Waals surface area contributed by atoms with Gasteiger partial charge in [0.15, 0.2) is 0 Å². The maximum absolute atomic E-state index is 11.9. The first-order chi connectivity index (χ1) is 17.8. The lowest BCUT2D eigenvalue weighted by Gasteiger charge is -2.25. The van der Waals surface area contributed by atoms with Crippen LogP contribution in [0, 0.1) is 0 Å². The van der Waals surface area contributed by atoms with E-state index in [4.69, 9.17) is 0 Å². The van der Waals surface area contributed by atoms with Crippen molar-refractivity contribution in [3.05, 3.63) is 83.9 Å². The van der Waals surface area contributed by atoms with E-state index in [2.05, 4.69) is 12.2 Å². The van der Waals surface area contributed by atoms with Crippen LogP contribution in [0.2, 0.25) is 0 Å². The Balaban J connectivity index is 0.00000334. The molecular weight excluding hydrogens is 460 g/mol. The first-order valence-electron chi connectivity index (χ1n) is 14.0. The largest absolute Gasteiger partial charge is 0.481 e. The van der Waals surface area contributed by atoms with Gasteiger partial charge >= 0.3 is 11.9 Å². The molecule has 0 spiro atoms. The fourth-order valence-electron chi connectivity index (χ4n) is 4.61. The Morgan fingerprint density at radius 1 is 0.595 bits per heavy atom. The lowest BCUT2D eigenvalue weighted by Crippen LogP contribution is -2.32. The monoisotopic (exact) mass is 508 g/mol. The minimum absolute atomic E-state index is 0.654. The third-order valence-corrected chi connectivity index (χ3v) is 7.28. The number of rotatable bonds is 17. The number of unbranched alkanes of at least 4 members (excludes halogenated alkanes) is 7. The number of hydrogen-bond acceptors (Lipinski definition) is 2. The van der Waals surface area contributed by atoms with Crippen LogP contribution in [0.4, 0.5) is 0 Å². The predicted octanol–water partition coefficient (Wildman–Crippen LogP) is 8.94. The number of carboxylic acids is 2. The van der Waals surface area contributed by atoms with Crippen LogP contribution < -0.4 is 0 Å². The van der Waals surface area contributed by atoms with Gasteiger partial charge in [0.25, 0.3) is 0 Å². The first-order valence-corrected chi connectivity index (χ1v) is 14.0. The van der Waals surface area contributed by atoms with Crippen LogP contribution in [0.5, 0.6) is 0 Å². The van der Waals surface area contributed by atoms with Gasteiger partial charge in [0.05, 0.1) is 10.8 Å². The van der Waals surface area contributed by atoms with Crippen LogP contribution in [0.15, 0.2) is 72.8 Å². The van der Waals surface area contributed by atoms with Gasteiger partial charge in [-0.05, 0) is 63.5 Å². The average Bonchev–Trinajstić information content (AvgIpc) is 2.92. The second-order valence-electron chi connectivity index (χ2n) is 10.0. The van der Waals surface area contributed by atoms with Crippen molar-refractivity contribution in [3.63, 3.8) is 0 Å². The van der Waals surface area contributed by atoms with Crippen molar-refractivity contribution in [2.45, 2.75) is 109 Å². The maximum Gasteiger partial charge on any atom is 0.313 e. The van der Waals surface area contributed by atoms with Crippen molar-refractivity contribution >= 4 is 11.9 Å². The van der Waals surface area contributed by atoms with Gasteiger partial charge in [-0.2, -0.15) is 0 Å². The van der Waals surface area contributed by atoms with Gasteiger partial charge in [-0.15, -0.1) is 0 Å². The minimum atomic E-state index is -0.819. The van der Waals surface area contributed by atoms with Crippen LogP contribution in [0.1, 0.15) is 109 Å². The van der Waals surface area contributed by atoms with Gasteiger partial charge in [-0.3, -0.25) is 9.59 Å². The van der Waals surface area contributed by atoms with Gasteiger partial charge in [0.1, 0.15) is 0 Å². The van der Waals surface area contributed by atoms with Crippen molar-refractivity contribution in [2.75, 3.05) is 0 Å². The molecule has 4 nitrogen and oxygen atoms in total. The summed E-state index contributed by atoms with van der Waals surface area (Å²) in [5, 5.41) is 19.5. The van der Waals surface area contributed by atoms with Crippen LogP contribution in [-0.4, -0.2) is 22.2 Å². The zero-order valence-electron chi connectivity index (χ0n) is 23.4. The summed E-state index contributed by atoms with van der Waals surface area (Å²) in [6.07, 6.45) is 15.1. The summed E-state index contributed by atoms with van der Waals surface area (Å²) in [5.41, 5.74) is 0.118. The lowest BCUT2D eigenvalue weighted by molar-refractivity contribution is -0.144. The Kier molecular flexibility index (Phi) is 15.3. The molecule has 0 radical (unpaired) electrons. The van der Waals surface area contributed by atoms with Crippen LogP contribution in [0.3, 0.4) is 0 Å². The molecule has 0 bridgehead atoms. The molecule has 2 atom stereocenters. The highest BCUT2D eigenvalue weighted by molar-refractivity contribution is 5.81. The van der Waals surface area contributed by atoms with Crippen molar-refractivity contribution < 1.29 is 19.8 Å². The molecule has 4 heteroatoms. The molecule has 2 aromatic carbocycles. The van der Waals surface area contributed by atoms with E-state index in [0.717, 1.165) is 68.9 Å².